The summed E-state index contributed by atoms with van der Waals surface area (Å²) in [6.07, 6.45) is 3.75. The van der Waals surface area contributed by atoms with Crippen molar-refractivity contribution in [2.45, 2.75) is 39.8 Å². The number of carbonyl (C=O) groups excluding carboxylic acids is 1. The number of aryl methyl sites for hydroxylation is 1. The molecule has 0 atom stereocenters. The topological polar surface area (TPSA) is 75.9 Å². The van der Waals surface area contributed by atoms with Crippen molar-refractivity contribution < 1.29 is 4.79 Å². The molecule has 0 unspecified atom stereocenters. The second-order valence-electron chi connectivity index (χ2n) is 6.83. The molecule has 2 amide bonds. The largest absolute Gasteiger partial charge is 0.333 e. The van der Waals surface area contributed by atoms with Gasteiger partial charge in [-0.2, -0.15) is 5.10 Å². The maximum atomic E-state index is 12.4. The molecule has 0 radical (unpaired) electrons. The third kappa shape index (κ3) is 4.51. The Bertz CT molecular complexity index is 916. The van der Waals surface area contributed by atoms with Crippen LogP contribution in [0.4, 0.5) is 4.79 Å². The summed E-state index contributed by atoms with van der Waals surface area (Å²) >= 11 is 1.33. The molecule has 0 spiro atoms. The monoisotopic (exact) mass is 384 g/mol. The lowest BCUT2D eigenvalue weighted by Gasteiger charge is -2.17. The van der Waals surface area contributed by atoms with Crippen molar-refractivity contribution in [3.63, 3.8) is 0 Å². The lowest BCUT2D eigenvalue weighted by Crippen LogP contribution is -2.36. The molecule has 142 valence electrons. The SMILES string of the molecule is Cc1ccccc1-n1cc(CN(C)C(=O)NCc2snnc2C(C)C)cn1. The van der Waals surface area contributed by atoms with Crippen LogP contribution in [-0.4, -0.2) is 37.3 Å². The van der Waals surface area contributed by atoms with E-state index in [1.165, 1.54) is 11.5 Å². The molecule has 8 heteroatoms. The number of hydrogen-bond donors (Lipinski definition) is 1. The normalized spacial score (nSPS) is 11.0. The molecule has 0 aliphatic carbocycles. The van der Waals surface area contributed by atoms with Gasteiger partial charge in [0.05, 0.1) is 35.5 Å². The number of hydrogen-bond acceptors (Lipinski definition) is 5. The van der Waals surface area contributed by atoms with E-state index in [9.17, 15) is 4.79 Å². The molecule has 0 aliphatic heterocycles. The average Bonchev–Trinajstić information content (AvgIpc) is 3.29. The second-order valence-corrected chi connectivity index (χ2v) is 7.67. The molecule has 1 N–H and O–H groups in total. The summed E-state index contributed by atoms with van der Waals surface area (Å²) in [7, 11) is 1.77. The highest BCUT2D eigenvalue weighted by Gasteiger charge is 2.15. The lowest BCUT2D eigenvalue weighted by molar-refractivity contribution is 0.206. The fourth-order valence-electron chi connectivity index (χ4n) is 2.81. The van der Waals surface area contributed by atoms with Gasteiger partial charge in [-0.25, -0.2) is 9.48 Å². The first-order chi connectivity index (χ1) is 13.0. The first-order valence-corrected chi connectivity index (χ1v) is 9.62. The zero-order valence-corrected chi connectivity index (χ0v) is 16.8. The van der Waals surface area contributed by atoms with Gasteiger partial charge < -0.3 is 10.2 Å². The van der Waals surface area contributed by atoms with E-state index in [0.29, 0.717) is 19.0 Å². The van der Waals surface area contributed by atoms with Crippen molar-refractivity contribution in [2.75, 3.05) is 7.05 Å². The van der Waals surface area contributed by atoms with E-state index in [2.05, 4.69) is 46.8 Å². The summed E-state index contributed by atoms with van der Waals surface area (Å²) < 4.78 is 5.83. The Morgan fingerprint density at radius 2 is 2.11 bits per heavy atom. The third-order valence-corrected chi connectivity index (χ3v) is 5.03. The summed E-state index contributed by atoms with van der Waals surface area (Å²) in [6.45, 7) is 7.11. The van der Waals surface area contributed by atoms with Crippen LogP contribution in [-0.2, 0) is 13.1 Å². The molecule has 2 heterocycles. The number of benzene rings is 1. The van der Waals surface area contributed by atoms with Crippen molar-refractivity contribution >= 4 is 17.6 Å². The van der Waals surface area contributed by atoms with E-state index in [1.807, 2.05) is 29.1 Å². The maximum absolute atomic E-state index is 12.4. The Morgan fingerprint density at radius 3 is 2.85 bits per heavy atom. The predicted molar refractivity (Wildman–Crippen MR) is 106 cm³/mol. The van der Waals surface area contributed by atoms with Gasteiger partial charge in [0.25, 0.3) is 0 Å². The van der Waals surface area contributed by atoms with E-state index < -0.39 is 0 Å². The average molecular weight is 385 g/mol. The van der Waals surface area contributed by atoms with Crippen molar-refractivity contribution in [2.24, 2.45) is 0 Å². The van der Waals surface area contributed by atoms with Crippen molar-refractivity contribution in [3.8, 4) is 5.69 Å². The van der Waals surface area contributed by atoms with E-state index >= 15 is 0 Å². The first-order valence-electron chi connectivity index (χ1n) is 8.85. The molecule has 1 aromatic carbocycles. The number of carbonyl (C=O) groups is 1. The van der Waals surface area contributed by atoms with Gasteiger partial charge in [0.1, 0.15) is 0 Å². The molecular weight excluding hydrogens is 360 g/mol. The summed E-state index contributed by atoms with van der Waals surface area (Å²) in [5.41, 5.74) is 4.10. The van der Waals surface area contributed by atoms with Gasteiger partial charge in [0, 0.05) is 18.8 Å². The molecule has 0 aliphatic rings. The lowest BCUT2D eigenvalue weighted by atomic mass is 10.1. The quantitative estimate of drug-likeness (QED) is 0.706. The molecule has 0 saturated heterocycles. The van der Waals surface area contributed by atoms with Crippen LogP contribution in [0.3, 0.4) is 0 Å². The predicted octanol–water partition coefficient (Wildman–Crippen LogP) is 3.50. The molecular formula is C19H24N6OS. The molecule has 0 saturated carbocycles. The van der Waals surface area contributed by atoms with Gasteiger partial charge in [0.15, 0.2) is 0 Å². The minimum atomic E-state index is -0.137. The van der Waals surface area contributed by atoms with Crippen LogP contribution >= 0.6 is 11.5 Å². The number of amides is 2. The summed E-state index contributed by atoms with van der Waals surface area (Å²) in [6, 6.07) is 7.93. The number of para-hydroxylation sites is 1. The van der Waals surface area contributed by atoms with Crippen LogP contribution in [0.5, 0.6) is 0 Å². The molecule has 0 bridgehead atoms. The molecule has 3 aromatic rings. The fourth-order valence-corrected chi connectivity index (χ4v) is 3.54. The smallest absolute Gasteiger partial charge is 0.317 e. The molecule has 2 aromatic heterocycles. The van der Waals surface area contributed by atoms with Gasteiger partial charge in [-0.05, 0) is 36.0 Å². The number of aromatic nitrogens is 4. The van der Waals surface area contributed by atoms with Gasteiger partial charge in [-0.3, -0.25) is 0 Å². The van der Waals surface area contributed by atoms with Gasteiger partial charge in [-0.1, -0.05) is 36.5 Å². The van der Waals surface area contributed by atoms with E-state index in [1.54, 1.807) is 18.1 Å². The van der Waals surface area contributed by atoms with E-state index in [0.717, 1.165) is 27.4 Å². The number of nitrogens with zero attached hydrogens (tertiary/aromatic N) is 5. The van der Waals surface area contributed by atoms with E-state index in [4.69, 9.17) is 0 Å². The van der Waals surface area contributed by atoms with Crippen LogP contribution in [0.25, 0.3) is 5.69 Å². The molecule has 3 rings (SSSR count). The van der Waals surface area contributed by atoms with Crippen LogP contribution < -0.4 is 5.32 Å². The Labute approximate surface area is 163 Å². The zero-order valence-electron chi connectivity index (χ0n) is 16.0. The fraction of sp³-hybridized carbons (Fsp3) is 0.368. The highest BCUT2D eigenvalue weighted by Crippen LogP contribution is 2.19. The number of urea groups is 1. The van der Waals surface area contributed by atoms with Crippen LogP contribution in [0.15, 0.2) is 36.7 Å². The Hall–Kier alpha value is -2.74. The Morgan fingerprint density at radius 1 is 1.33 bits per heavy atom. The highest BCUT2D eigenvalue weighted by atomic mass is 32.1. The van der Waals surface area contributed by atoms with Gasteiger partial charge in [-0.15, -0.1) is 5.10 Å². The Kier molecular flexibility index (Phi) is 5.85. The first kappa shape index (κ1) is 19.0. The van der Waals surface area contributed by atoms with Crippen LogP contribution in [0.1, 0.15) is 41.5 Å². The standard InChI is InChI=1S/C19H24N6OS/c1-13(2)18-17(27-23-22-18)10-20-19(26)24(4)11-15-9-21-25(12-15)16-8-6-5-7-14(16)3/h5-9,12-13H,10-11H2,1-4H3,(H,20,26). The van der Waals surface area contributed by atoms with Gasteiger partial charge in [0.2, 0.25) is 0 Å². The third-order valence-electron chi connectivity index (χ3n) is 4.30. The minimum absolute atomic E-state index is 0.137. The second kappa shape index (κ2) is 8.30. The highest BCUT2D eigenvalue weighted by molar-refractivity contribution is 7.05. The zero-order chi connectivity index (χ0) is 19.4. The molecule has 7 nitrogen and oxygen atoms in total. The van der Waals surface area contributed by atoms with Crippen LogP contribution in [0, 0.1) is 6.92 Å². The number of nitrogens with one attached hydrogen (secondary N) is 1. The van der Waals surface area contributed by atoms with E-state index in [-0.39, 0.29) is 6.03 Å². The van der Waals surface area contributed by atoms with Gasteiger partial charge >= 0.3 is 6.03 Å². The molecule has 0 fully saturated rings. The summed E-state index contributed by atoms with van der Waals surface area (Å²) in [5.74, 6) is 0.292. The molecule has 27 heavy (non-hydrogen) atoms. The summed E-state index contributed by atoms with van der Waals surface area (Å²) in [5, 5.41) is 11.5. The van der Waals surface area contributed by atoms with Crippen LogP contribution in [0.2, 0.25) is 0 Å². The maximum Gasteiger partial charge on any atom is 0.317 e. The van der Waals surface area contributed by atoms with Crippen molar-refractivity contribution in [1.29, 1.82) is 0 Å². The number of rotatable bonds is 6. The minimum Gasteiger partial charge on any atom is -0.333 e. The van der Waals surface area contributed by atoms with Crippen molar-refractivity contribution in [3.05, 3.63) is 58.4 Å². The van der Waals surface area contributed by atoms with Crippen molar-refractivity contribution in [1.82, 2.24) is 29.6 Å². The Balaban J connectivity index is 1.59. The summed E-state index contributed by atoms with van der Waals surface area (Å²) in [4.78, 5) is 15.0.